The first-order valence-corrected chi connectivity index (χ1v) is 12.6. The Morgan fingerprint density at radius 2 is 1.34 bits per heavy atom. The Labute approximate surface area is 194 Å². The summed E-state index contributed by atoms with van der Waals surface area (Å²) in [6, 6.07) is 10.3. The highest BCUT2D eigenvalue weighted by Crippen LogP contribution is 2.18. The molecule has 0 aliphatic rings. The smallest absolute Gasteiger partial charge is 0.303 e. The highest BCUT2D eigenvalue weighted by atomic mass is 16.5. The molecular formula is C27H44O5. The van der Waals surface area contributed by atoms with Crippen molar-refractivity contribution in [1.82, 2.24) is 0 Å². The Morgan fingerprint density at radius 1 is 0.812 bits per heavy atom. The molecule has 0 bridgehead atoms. The van der Waals surface area contributed by atoms with E-state index in [1.807, 2.05) is 18.2 Å². The number of ether oxygens (including phenoxy) is 2. The van der Waals surface area contributed by atoms with E-state index < -0.39 is 5.97 Å². The van der Waals surface area contributed by atoms with E-state index in [9.17, 15) is 9.59 Å². The maximum Gasteiger partial charge on any atom is 0.303 e. The average molecular weight is 449 g/mol. The molecule has 1 N–H and O–H groups in total. The molecule has 0 heterocycles. The van der Waals surface area contributed by atoms with Crippen molar-refractivity contribution in [3.8, 4) is 0 Å². The first-order valence-electron chi connectivity index (χ1n) is 12.6. The number of aliphatic carboxylic acids is 1. The van der Waals surface area contributed by atoms with E-state index in [-0.39, 0.29) is 24.6 Å². The van der Waals surface area contributed by atoms with Gasteiger partial charge in [0.15, 0.2) is 0 Å². The molecule has 1 rings (SSSR count). The fourth-order valence-corrected chi connectivity index (χ4v) is 3.96. The number of esters is 1. The largest absolute Gasteiger partial charge is 0.481 e. The molecule has 0 spiro atoms. The van der Waals surface area contributed by atoms with Crippen molar-refractivity contribution >= 4 is 11.9 Å². The molecule has 0 aromatic heterocycles. The zero-order chi connectivity index (χ0) is 23.4. The van der Waals surface area contributed by atoms with Gasteiger partial charge in [-0.05, 0) is 44.1 Å². The first-order chi connectivity index (χ1) is 15.5. The van der Waals surface area contributed by atoms with Crippen LogP contribution in [-0.2, 0) is 25.7 Å². The molecule has 0 radical (unpaired) electrons. The Balaban J connectivity index is 2.20. The second kappa shape index (κ2) is 18.7. The highest BCUT2D eigenvalue weighted by Gasteiger charge is 2.11. The molecular weight excluding hydrogens is 404 g/mol. The third-order valence-electron chi connectivity index (χ3n) is 5.84. The minimum absolute atomic E-state index is 0.0746. The maximum absolute atomic E-state index is 11.1. The van der Waals surface area contributed by atoms with Crippen LogP contribution in [0.2, 0.25) is 0 Å². The zero-order valence-corrected chi connectivity index (χ0v) is 20.2. The van der Waals surface area contributed by atoms with Crippen LogP contribution in [0.1, 0.15) is 109 Å². The minimum atomic E-state index is -0.710. The monoisotopic (exact) mass is 448 g/mol. The summed E-state index contributed by atoms with van der Waals surface area (Å²) < 4.78 is 11.5. The molecule has 2 unspecified atom stereocenters. The van der Waals surface area contributed by atoms with Crippen LogP contribution in [0.5, 0.6) is 0 Å². The summed E-state index contributed by atoms with van der Waals surface area (Å²) in [7, 11) is 0. The Kier molecular flexibility index (Phi) is 16.4. The van der Waals surface area contributed by atoms with Crippen LogP contribution in [0.25, 0.3) is 0 Å². The van der Waals surface area contributed by atoms with Crippen LogP contribution >= 0.6 is 0 Å². The van der Waals surface area contributed by atoms with Gasteiger partial charge in [0.25, 0.3) is 0 Å². The molecule has 0 fully saturated rings. The van der Waals surface area contributed by atoms with Crippen molar-refractivity contribution in [3.05, 3.63) is 35.9 Å². The third-order valence-corrected chi connectivity index (χ3v) is 5.84. The van der Waals surface area contributed by atoms with E-state index in [4.69, 9.17) is 14.6 Å². The number of hydrogen-bond donors (Lipinski definition) is 1. The van der Waals surface area contributed by atoms with E-state index in [2.05, 4.69) is 19.1 Å². The molecule has 5 nitrogen and oxygen atoms in total. The van der Waals surface area contributed by atoms with Crippen LogP contribution in [0.3, 0.4) is 0 Å². The molecule has 1 aromatic carbocycles. The predicted molar refractivity (Wildman–Crippen MR) is 129 cm³/mol. The summed E-state index contributed by atoms with van der Waals surface area (Å²) in [5, 5.41) is 8.78. The Hall–Kier alpha value is -1.88. The Morgan fingerprint density at radius 3 is 1.88 bits per heavy atom. The molecule has 182 valence electrons. The van der Waals surface area contributed by atoms with Gasteiger partial charge in [-0.1, -0.05) is 82.2 Å². The van der Waals surface area contributed by atoms with Gasteiger partial charge in [0.2, 0.25) is 0 Å². The third kappa shape index (κ3) is 15.9. The second-order valence-corrected chi connectivity index (χ2v) is 8.75. The number of carbonyl (C=O) groups excluding carboxylic acids is 1. The first kappa shape index (κ1) is 28.2. The summed E-state index contributed by atoms with van der Waals surface area (Å²) in [4.78, 5) is 21.7. The minimum Gasteiger partial charge on any atom is -0.481 e. The number of carboxylic acid groups (broad SMARTS) is 1. The fourth-order valence-electron chi connectivity index (χ4n) is 3.96. The number of benzene rings is 1. The van der Waals surface area contributed by atoms with Gasteiger partial charge in [-0.3, -0.25) is 9.59 Å². The van der Waals surface area contributed by atoms with Crippen molar-refractivity contribution < 1.29 is 24.2 Å². The molecule has 1 aromatic rings. The summed E-state index contributed by atoms with van der Waals surface area (Å²) in [5.41, 5.74) is 1.20. The van der Waals surface area contributed by atoms with Crippen LogP contribution < -0.4 is 0 Å². The van der Waals surface area contributed by atoms with Crippen LogP contribution in [-0.4, -0.2) is 29.3 Å². The molecule has 0 amide bonds. The molecule has 5 heteroatoms. The van der Waals surface area contributed by atoms with E-state index >= 15 is 0 Å². The molecule has 0 aliphatic heterocycles. The standard InChI is InChI=1S/C27H44O5/c1-3-25(32-23(2)28)18-12-6-4-5-7-13-19-26(20-14-9-15-21-27(29)30)31-22-24-16-10-8-11-17-24/h8,10-11,16-17,25-26H,3-7,9,12-15,18-22H2,1-2H3,(H,29,30). The van der Waals surface area contributed by atoms with Gasteiger partial charge in [0.1, 0.15) is 6.10 Å². The van der Waals surface area contributed by atoms with Crippen LogP contribution in [0.4, 0.5) is 0 Å². The van der Waals surface area contributed by atoms with Gasteiger partial charge >= 0.3 is 11.9 Å². The van der Waals surface area contributed by atoms with Gasteiger partial charge in [0.05, 0.1) is 12.7 Å². The number of carbonyl (C=O) groups is 2. The van der Waals surface area contributed by atoms with Crippen molar-refractivity contribution in [2.75, 3.05) is 0 Å². The number of rotatable bonds is 20. The normalized spacial score (nSPS) is 12.9. The van der Waals surface area contributed by atoms with Gasteiger partial charge in [0, 0.05) is 13.3 Å². The van der Waals surface area contributed by atoms with Gasteiger partial charge < -0.3 is 14.6 Å². The SMILES string of the molecule is CCC(CCCCCCCCC(CCCCCC(=O)O)OCc1ccccc1)OC(C)=O. The molecule has 0 aliphatic carbocycles. The summed E-state index contributed by atoms with van der Waals surface area (Å²) >= 11 is 0. The predicted octanol–water partition coefficient (Wildman–Crippen LogP) is 7.07. The number of unbranched alkanes of at least 4 members (excludes halogenated alkanes) is 7. The van der Waals surface area contributed by atoms with Crippen molar-refractivity contribution in [1.29, 1.82) is 0 Å². The van der Waals surface area contributed by atoms with E-state index in [0.29, 0.717) is 6.61 Å². The second-order valence-electron chi connectivity index (χ2n) is 8.75. The number of carboxylic acids is 1. The van der Waals surface area contributed by atoms with Crippen LogP contribution in [0, 0.1) is 0 Å². The van der Waals surface area contributed by atoms with Crippen LogP contribution in [0.15, 0.2) is 30.3 Å². The van der Waals surface area contributed by atoms with E-state index in [1.54, 1.807) is 0 Å². The Bertz CT molecular complexity index is 601. The number of hydrogen-bond acceptors (Lipinski definition) is 4. The lowest BCUT2D eigenvalue weighted by molar-refractivity contribution is -0.146. The molecule has 0 saturated carbocycles. The van der Waals surface area contributed by atoms with E-state index in [1.165, 1.54) is 44.6 Å². The van der Waals surface area contributed by atoms with E-state index in [0.717, 1.165) is 51.4 Å². The summed E-state index contributed by atoms with van der Waals surface area (Å²) in [5.74, 6) is -0.888. The van der Waals surface area contributed by atoms with Crippen molar-refractivity contribution in [2.45, 2.75) is 123 Å². The maximum atomic E-state index is 11.1. The average Bonchev–Trinajstić information content (AvgIpc) is 2.77. The summed E-state index contributed by atoms with van der Waals surface area (Å²) in [6.45, 7) is 4.19. The zero-order valence-electron chi connectivity index (χ0n) is 20.2. The molecule has 0 saturated heterocycles. The van der Waals surface area contributed by atoms with Crippen molar-refractivity contribution in [3.63, 3.8) is 0 Å². The van der Waals surface area contributed by atoms with Crippen molar-refractivity contribution in [2.24, 2.45) is 0 Å². The quantitative estimate of drug-likeness (QED) is 0.171. The lowest BCUT2D eigenvalue weighted by Gasteiger charge is -2.18. The topological polar surface area (TPSA) is 72.8 Å². The lowest BCUT2D eigenvalue weighted by Crippen LogP contribution is -2.15. The fraction of sp³-hybridized carbons (Fsp3) is 0.704. The summed E-state index contributed by atoms with van der Waals surface area (Å²) in [6.07, 6.45) is 14.4. The van der Waals surface area contributed by atoms with Gasteiger partial charge in [-0.15, -0.1) is 0 Å². The lowest BCUT2D eigenvalue weighted by atomic mass is 10.0. The highest BCUT2D eigenvalue weighted by molar-refractivity contribution is 5.66. The van der Waals surface area contributed by atoms with Gasteiger partial charge in [-0.2, -0.15) is 0 Å². The van der Waals surface area contributed by atoms with Gasteiger partial charge in [-0.25, -0.2) is 0 Å². The molecule has 32 heavy (non-hydrogen) atoms. The molecule has 2 atom stereocenters.